The van der Waals surface area contributed by atoms with Crippen LogP contribution in [-0.4, -0.2) is 66.6 Å². The summed E-state index contributed by atoms with van der Waals surface area (Å²) in [7, 11) is -3.16. The highest BCUT2D eigenvalue weighted by Gasteiger charge is 2.33. The summed E-state index contributed by atoms with van der Waals surface area (Å²) in [4.78, 5) is 18.3. The van der Waals surface area contributed by atoms with E-state index < -0.39 is 210 Å². The SMILES string of the molecule is [2H]C1=C(SC([2H])([2H])c2c([2H])c([2H])c([2H])c(F)c2F)N(CC(=O)N(Cc2c([2H])c([2H])c(-c3c([2H])c([2H])c(C(F)(F)F)c([2H])c3[2H])c([2H])c2[2H])C2CCN(CC([2H])([2H])OC([2H])([2H])[2H])CC2)c2c([2H])c([2H])c(C)c([2H])c2C1O. The van der Waals surface area contributed by atoms with E-state index in [0.29, 0.717) is 4.90 Å². The lowest BCUT2D eigenvalue weighted by molar-refractivity contribution is -0.137. The fourth-order valence-electron chi connectivity index (χ4n) is 5.52. The largest absolute Gasteiger partial charge is 0.416 e. The maximum Gasteiger partial charge on any atom is 0.416 e. The van der Waals surface area contributed by atoms with Crippen LogP contribution in [0.5, 0.6) is 0 Å². The van der Waals surface area contributed by atoms with Gasteiger partial charge in [0.15, 0.2) is 11.6 Å². The van der Waals surface area contributed by atoms with Crippen molar-refractivity contribution in [2.45, 2.75) is 50.3 Å². The van der Waals surface area contributed by atoms with E-state index in [0.717, 1.165) is 4.90 Å². The maximum absolute atomic E-state index is 15.6. The van der Waals surface area contributed by atoms with Crippen molar-refractivity contribution in [2.24, 2.45) is 0 Å². The van der Waals surface area contributed by atoms with Gasteiger partial charge >= 0.3 is 6.18 Å². The zero-order chi connectivity index (χ0) is 56.8. The van der Waals surface area contributed by atoms with E-state index in [9.17, 15) is 22.7 Å². The molecular weight excluding hydrogens is 710 g/mol. The monoisotopic (exact) mass is 773 g/mol. The van der Waals surface area contributed by atoms with Crippen LogP contribution in [0, 0.1) is 18.6 Å². The number of fused-ring (bicyclic) bond motifs is 1. The quantitative estimate of drug-likeness (QED) is 0.146. The number of ether oxygens (including phenoxy) is 1. The average molecular weight is 774 g/mol. The number of anilines is 1. The molecule has 6 rings (SSSR count). The van der Waals surface area contributed by atoms with Gasteiger partial charge in [0.25, 0.3) is 0 Å². The molecule has 1 unspecified atom stereocenters. The Morgan fingerprint density at radius 3 is 2.42 bits per heavy atom. The fourth-order valence-corrected chi connectivity index (χ4v) is 6.29. The Bertz CT molecular complexity index is 2960. The first-order valence-corrected chi connectivity index (χ1v) is 16.5. The Labute approximate surface area is 341 Å². The van der Waals surface area contributed by atoms with Crippen LogP contribution in [0.15, 0.2) is 95.7 Å². The van der Waals surface area contributed by atoms with Crippen LogP contribution in [0.1, 0.15) is 76.9 Å². The highest BCUT2D eigenvalue weighted by molar-refractivity contribution is 8.02. The van der Waals surface area contributed by atoms with Gasteiger partial charge in [-0.2, -0.15) is 13.2 Å². The number of amides is 1. The predicted molar refractivity (Wildman–Crippen MR) is 198 cm³/mol. The molecule has 2 aliphatic rings. The number of hydrogen-bond donors (Lipinski definition) is 1. The first-order chi connectivity index (χ1) is 34.3. The van der Waals surface area contributed by atoms with E-state index in [-0.39, 0.29) is 43.3 Å². The molecule has 2 heterocycles. The lowest BCUT2D eigenvalue weighted by atomic mass is 9.99. The number of aliphatic hydroxyl groups is 1. The van der Waals surface area contributed by atoms with Gasteiger partial charge in [0.05, 0.1) is 44.6 Å². The molecule has 1 amide bonds. The van der Waals surface area contributed by atoms with Gasteiger partial charge in [-0.05, 0) is 66.7 Å². The Morgan fingerprint density at radius 1 is 1.04 bits per heavy atom. The van der Waals surface area contributed by atoms with Gasteiger partial charge in [-0.1, -0.05) is 66.0 Å². The third kappa shape index (κ3) is 9.29. The van der Waals surface area contributed by atoms with Gasteiger partial charge in [0, 0.05) is 64.5 Å². The summed E-state index contributed by atoms with van der Waals surface area (Å²) in [5.74, 6) is -5.28. The molecule has 53 heavy (non-hydrogen) atoms. The zero-order valence-corrected chi connectivity index (χ0v) is 28.3. The van der Waals surface area contributed by atoms with Crippen molar-refractivity contribution in [1.82, 2.24) is 9.80 Å². The number of alkyl halides is 3. The zero-order valence-electron chi connectivity index (χ0n) is 49.5. The van der Waals surface area contributed by atoms with Crippen LogP contribution in [0.25, 0.3) is 11.1 Å². The number of carbonyl (C=O) groups excluding carboxylic acids is 1. The van der Waals surface area contributed by atoms with E-state index in [4.69, 9.17) is 30.2 Å². The van der Waals surface area contributed by atoms with E-state index >= 15 is 9.18 Å². The molecule has 0 radical (unpaired) electrons. The predicted octanol–water partition coefficient (Wildman–Crippen LogP) is 8.73. The smallest absolute Gasteiger partial charge is 0.384 e. The number of methoxy groups -OCH3 is 1. The van der Waals surface area contributed by atoms with Gasteiger partial charge < -0.3 is 24.5 Å². The lowest BCUT2D eigenvalue weighted by Crippen LogP contribution is -2.50. The molecule has 1 saturated heterocycles. The first-order valence-electron chi connectivity index (χ1n) is 26.7. The van der Waals surface area contributed by atoms with Crippen molar-refractivity contribution in [2.75, 3.05) is 44.7 Å². The molecule has 12 heteroatoms. The van der Waals surface area contributed by atoms with E-state index in [1.165, 1.54) is 11.8 Å². The van der Waals surface area contributed by atoms with Gasteiger partial charge in [-0.15, -0.1) is 11.8 Å². The van der Waals surface area contributed by atoms with Crippen molar-refractivity contribution in [3.8, 4) is 11.1 Å². The molecule has 0 saturated carbocycles. The summed E-state index contributed by atoms with van der Waals surface area (Å²) >= 11 is -0.227. The summed E-state index contributed by atoms with van der Waals surface area (Å²) in [6.07, 6.45) is -7.93. The number of rotatable bonds is 12. The minimum Gasteiger partial charge on any atom is -0.384 e. The first kappa shape index (κ1) is 19.4. The second-order valence-electron chi connectivity index (χ2n) is 11.7. The van der Waals surface area contributed by atoms with Crippen LogP contribution in [0.2, 0.25) is 0 Å². The Morgan fingerprint density at radius 2 is 1.74 bits per heavy atom. The standard InChI is InChI=1S/C41H42F5N3O3S/c1-27-6-15-36-34(22-27)37(50)23-39(53-26-31-4-3-5-35(42)40(31)43)49(36)25-38(51)48(33-16-18-47(19-17-33)20-21-52-2)24-28-7-9-29(10-8-28)30-11-13-32(14-12-30)41(44,45)46/h3-15,22-23,33,37,50H,16-21,24-26H2,1-2H3/i2D3,3D,4D,5D,6D,7D,8D,9D,10D,11D,12D,13D,14D,15D,21D2,22D,23D,26D2. The summed E-state index contributed by atoms with van der Waals surface area (Å²) in [5.41, 5.74) is -10.9. The molecule has 0 spiro atoms. The normalized spacial score (nSPS) is 23.6. The van der Waals surface area contributed by atoms with Crippen molar-refractivity contribution in [3.05, 3.63) is 135 Å². The fraction of sp³-hybridized carbons (Fsp3) is 0.341. The number of aliphatic hydroxyl groups excluding tert-OH is 1. The number of piperidine rings is 1. The number of halogens is 5. The van der Waals surface area contributed by atoms with E-state index in [1.807, 2.05) is 0 Å². The van der Waals surface area contributed by atoms with Gasteiger partial charge in [0.2, 0.25) is 5.91 Å². The van der Waals surface area contributed by atoms with Crippen molar-refractivity contribution in [1.29, 1.82) is 0 Å². The second kappa shape index (κ2) is 16.8. The number of hydrogen-bond acceptors (Lipinski definition) is 6. The number of thioether (sulfide) groups is 1. The summed E-state index contributed by atoms with van der Waals surface area (Å²) in [6, 6.07) is -18.3. The molecule has 6 nitrogen and oxygen atoms in total. The summed E-state index contributed by atoms with van der Waals surface area (Å²) < 4.78 is 261. The Kier molecular flexibility index (Phi) is 6.16. The molecule has 0 bridgehead atoms. The molecule has 1 fully saturated rings. The van der Waals surface area contributed by atoms with Gasteiger partial charge in [0.1, 0.15) is 12.6 Å². The van der Waals surface area contributed by atoms with E-state index in [2.05, 4.69) is 4.74 Å². The van der Waals surface area contributed by atoms with Crippen LogP contribution >= 0.6 is 11.8 Å². The van der Waals surface area contributed by atoms with Crippen LogP contribution < -0.4 is 4.90 Å². The molecule has 0 aromatic heterocycles. The average Bonchev–Trinajstić information content (AvgIpc) is 3.29. The van der Waals surface area contributed by atoms with Crippen molar-refractivity contribution < 1.29 is 66.7 Å². The van der Waals surface area contributed by atoms with Gasteiger partial charge in [-0.25, -0.2) is 8.78 Å². The topological polar surface area (TPSA) is 56.3 Å². The van der Waals surface area contributed by atoms with Gasteiger partial charge in [-0.3, -0.25) is 4.79 Å². The summed E-state index contributed by atoms with van der Waals surface area (Å²) in [6.45, 7) is -4.55. The second-order valence-corrected chi connectivity index (χ2v) is 12.5. The molecular formula is C41H42F5N3O3S. The van der Waals surface area contributed by atoms with Crippen molar-refractivity contribution in [3.63, 3.8) is 0 Å². The Balaban J connectivity index is 1.52. The van der Waals surface area contributed by atoms with E-state index in [1.54, 1.807) is 0 Å². The minimum atomic E-state index is -5.39. The number of nitrogens with zero attached hydrogens (tertiary/aromatic N) is 3. The molecule has 280 valence electrons. The molecule has 4 aromatic rings. The van der Waals surface area contributed by atoms with Crippen LogP contribution in [0.3, 0.4) is 0 Å². The highest BCUT2D eigenvalue weighted by Crippen LogP contribution is 2.41. The number of benzene rings is 4. The van der Waals surface area contributed by atoms with Crippen LogP contribution in [-0.2, 0) is 28.0 Å². The molecule has 1 N–H and O–H groups in total. The summed E-state index contributed by atoms with van der Waals surface area (Å²) in [5, 5.41) is 10.7. The molecule has 2 aliphatic heterocycles. The molecule has 0 aliphatic carbocycles. The van der Waals surface area contributed by atoms with Crippen molar-refractivity contribution >= 4 is 23.4 Å². The third-order valence-corrected chi connectivity index (χ3v) is 8.99. The minimum absolute atomic E-state index is 0.131. The molecule has 1 atom stereocenters. The number of carbonyl (C=O) groups is 1. The van der Waals surface area contributed by atoms with Crippen LogP contribution in [0.4, 0.5) is 27.6 Å². The number of likely N-dealkylation sites (tertiary alicyclic amines) is 1. The lowest BCUT2D eigenvalue weighted by Gasteiger charge is -2.40. The maximum atomic E-state index is 15.6. The Hall–Kier alpha value is -4.23. The molecule has 4 aromatic carbocycles. The highest BCUT2D eigenvalue weighted by atomic mass is 32.2. The third-order valence-electron chi connectivity index (χ3n) is 8.15.